The van der Waals surface area contributed by atoms with Gasteiger partial charge in [-0.15, -0.1) is 11.3 Å². The number of hydrogen-bond acceptors (Lipinski definition) is 2. The van der Waals surface area contributed by atoms with Crippen molar-refractivity contribution in [2.45, 2.75) is 25.3 Å². The van der Waals surface area contributed by atoms with Crippen LogP contribution in [0.1, 0.15) is 28.8 Å². The van der Waals surface area contributed by atoms with E-state index in [2.05, 4.69) is 76.5 Å². The number of hydrogen-bond donors (Lipinski definition) is 2. The van der Waals surface area contributed by atoms with Crippen LogP contribution < -0.4 is 10.2 Å². The third-order valence-electron chi connectivity index (χ3n) is 6.15. The molecule has 0 fully saturated rings. The van der Waals surface area contributed by atoms with Gasteiger partial charge in [-0.25, -0.2) is 0 Å². The number of thiophene rings is 1. The number of carbonyl (C=O) groups is 1. The normalized spacial score (nSPS) is 15.3. The van der Waals surface area contributed by atoms with E-state index in [1.807, 2.05) is 17.9 Å². The molecule has 3 heterocycles. The van der Waals surface area contributed by atoms with Crippen molar-refractivity contribution in [3.8, 4) is 0 Å². The van der Waals surface area contributed by atoms with Gasteiger partial charge in [-0.2, -0.15) is 0 Å². The summed E-state index contributed by atoms with van der Waals surface area (Å²) in [6, 6.07) is 20.9. The van der Waals surface area contributed by atoms with Gasteiger partial charge in [0.25, 0.3) is 5.91 Å². The standard InChI is InChI=1S/C25H25N3OS/c1-17(25(29)28-13-12-18-7-2-5-10-23(18)28)26-16-21(24-11-6-14-30-24)20-15-27-22-9-4-3-8-19(20)22/h2-11,14-15,17,21,26-27H,12-13,16H2,1H3/p+1/t17-,21+/m0/s1. The second-order valence-electron chi connectivity index (χ2n) is 7.99. The zero-order valence-electron chi connectivity index (χ0n) is 17.0. The molecule has 0 bridgehead atoms. The van der Waals surface area contributed by atoms with Gasteiger partial charge in [0, 0.05) is 34.2 Å². The Bertz CT molecular complexity index is 1160. The van der Waals surface area contributed by atoms with E-state index in [1.165, 1.54) is 21.4 Å². The van der Waals surface area contributed by atoms with Crippen LogP contribution in [0.4, 0.5) is 5.69 Å². The van der Waals surface area contributed by atoms with Crippen LogP contribution in [0.3, 0.4) is 0 Å². The maximum atomic E-state index is 13.2. The molecule has 5 rings (SSSR count). The Hall–Kier alpha value is -2.89. The quantitative estimate of drug-likeness (QED) is 0.492. The zero-order valence-corrected chi connectivity index (χ0v) is 17.9. The van der Waals surface area contributed by atoms with E-state index >= 15 is 0 Å². The minimum Gasteiger partial charge on any atom is -0.361 e. The number of para-hydroxylation sites is 2. The highest BCUT2D eigenvalue weighted by Crippen LogP contribution is 2.32. The first kappa shape index (κ1) is 19.1. The summed E-state index contributed by atoms with van der Waals surface area (Å²) in [5.41, 5.74) is 4.81. The van der Waals surface area contributed by atoms with Gasteiger partial charge in [0.2, 0.25) is 0 Å². The van der Waals surface area contributed by atoms with Crippen LogP contribution in [-0.2, 0) is 11.2 Å². The fraction of sp³-hybridized carbons (Fsp3) is 0.240. The van der Waals surface area contributed by atoms with E-state index in [-0.39, 0.29) is 17.9 Å². The minimum atomic E-state index is -0.121. The van der Waals surface area contributed by atoms with Crippen molar-refractivity contribution in [1.82, 2.24) is 4.98 Å². The molecular formula is C25H26N3OS+. The summed E-state index contributed by atoms with van der Waals surface area (Å²) in [5.74, 6) is 0.450. The van der Waals surface area contributed by atoms with Gasteiger partial charge in [-0.05, 0) is 48.1 Å². The molecule has 152 valence electrons. The smallest absolute Gasteiger partial charge is 0.284 e. The summed E-state index contributed by atoms with van der Waals surface area (Å²) < 4.78 is 0. The summed E-state index contributed by atoms with van der Waals surface area (Å²) in [5, 5.41) is 5.60. The van der Waals surface area contributed by atoms with Crippen LogP contribution in [0.2, 0.25) is 0 Å². The van der Waals surface area contributed by atoms with Crippen molar-refractivity contribution in [1.29, 1.82) is 0 Å². The third-order valence-corrected chi connectivity index (χ3v) is 7.14. The Labute approximate surface area is 180 Å². The second-order valence-corrected chi connectivity index (χ2v) is 8.97. The Morgan fingerprint density at radius 3 is 2.83 bits per heavy atom. The lowest BCUT2D eigenvalue weighted by molar-refractivity contribution is -0.674. The number of fused-ring (bicyclic) bond motifs is 2. The van der Waals surface area contributed by atoms with Crippen molar-refractivity contribution in [2.75, 3.05) is 18.0 Å². The number of amides is 1. The number of H-pyrrole nitrogens is 1. The summed E-state index contributed by atoms with van der Waals surface area (Å²) in [7, 11) is 0. The molecule has 0 saturated heterocycles. The molecule has 1 aliphatic heterocycles. The number of carbonyl (C=O) groups excluding carboxylic acids is 1. The number of anilines is 1. The Kier molecular flexibility index (Phi) is 5.15. The van der Waals surface area contributed by atoms with Crippen molar-refractivity contribution < 1.29 is 10.1 Å². The highest BCUT2D eigenvalue weighted by Gasteiger charge is 2.31. The number of rotatable bonds is 6. The Balaban J connectivity index is 1.36. The molecule has 0 spiro atoms. The van der Waals surface area contributed by atoms with Gasteiger partial charge >= 0.3 is 0 Å². The van der Waals surface area contributed by atoms with Crippen molar-refractivity contribution in [3.63, 3.8) is 0 Å². The average Bonchev–Trinajstić information content (AvgIpc) is 3.53. The lowest BCUT2D eigenvalue weighted by Crippen LogP contribution is -2.92. The number of quaternary nitrogens is 1. The molecule has 0 aliphatic carbocycles. The number of aromatic amines is 1. The molecule has 2 aromatic heterocycles. The SMILES string of the molecule is C[C@H]([NH2+]C[C@@H](c1cccs1)c1c[nH]c2ccccc12)C(=O)N1CCc2ccccc21. The summed E-state index contributed by atoms with van der Waals surface area (Å²) in [6.07, 6.45) is 3.08. The number of nitrogens with two attached hydrogens (primary N) is 1. The zero-order chi connectivity index (χ0) is 20.5. The molecule has 2 aromatic carbocycles. The number of aromatic nitrogens is 1. The van der Waals surface area contributed by atoms with Gasteiger partial charge in [-0.3, -0.25) is 4.79 Å². The van der Waals surface area contributed by atoms with Crippen molar-refractivity contribution >= 4 is 33.8 Å². The molecule has 0 unspecified atom stereocenters. The van der Waals surface area contributed by atoms with Crippen LogP contribution in [0.5, 0.6) is 0 Å². The molecular weight excluding hydrogens is 390 g/mol. The molecule has 3 N–H and O–H groups in total. The van der Waals surface area contributed by atoms with Crippen LogP contribution in [0, 0.1) is 0 Å². The van der Waals surface area contributed by atoms with Gasteiger partial charge in [-0.1, -0.05) is 42.5 Å². The predicted molar refractivity (Wildman–Crippen MR) is 123 cm³/mol. The fourth-order valence-corrected chi connectivity index (χ4v) is 5.38. The fourth-order valence-electron chi connectivity index (χ4n) is 4.52. The third kappa shape index (κ3) is 3.44. The van der Waals surface area contributed by atoms with Gasteiger partial charge in [0.15, 0.2) is 6.04 Å². The Morgan fingerprint density at radius 2 is 1.97 bits per heavy atom. The van der Waals surface area contributed by atoms with Crippen molar-refractivity contribution in [3.05, 3.63) is 88.2 Å². The average molecular weight is 417 g/mol. The van der Waals surface area contributed by atoms with E-state index in [4.69, 9.17) is 0 Å². The van der Waals surface area contributed by atoms with Gasteiger partial charge in [0.1, 0.15) is 0 Å². The molecule has 1 amide bonds. The molecule has 1 aliphatic rings. The number of benzene rings is 2. The monoisotopic (exact) mass is 416 g/mol. The first-order valence-corrected chi connectivity index (χ1v) is 11.4. The topological polar surface area (TPSA) is 52.7 Å². The highest BCUT2D eigenvalue weighted by atomic mass is 32.1. The lowest BCUT2D eigenvalue weighted by atomic mass is 9.96. The molecule has 4 nitrogen and oxygen atoms in total. The van der Waals surface area contributed by atoms with Crippen LogP contribution in [0.25, 0.3) is 10.9 Å². The predicted octanol–water partition coefficient (Wildman–Crippen LogP) is 3.90. The first-order valence-electron chi connectivity index (χ1n) is 10.5. The lowest BCUT2D eigenvalue weighted by Gasteiger charge is -2.22. The van der Waals surface area contributed by atoms with E-state index in [9.17, 15) is 4.79 Å². The van der Waals surface area contributed by atoms with E-state index in [0.717, 1.165) is 30.7 Å². The van der Waals surface area contributed by atoms with E-state index < -0.39 is 0 Å². The highest BCUT2D eigenvalue weighted by molar-refractivity contribution is 7.10. The van der Waals surface area contributed by atoms with Gasteiger partial charge < -0.3 is 15.2 Å². The minimum absolute atomic E-state index is 0.121. The maximum Gasteiger partial charge on any atom is 0.284 e. The van der Waals surface area contributed by atoms with Crippen LogP contribution in [-0.4, -0.2) is 30.0 Å². The molecule has 0 saturated carbocycles. The second kappa shape index (κ2) is 8.09. The summed E-state index contributed by atoms with van der Waals surface area (Å²) in [6.45, 7) is 3.65. The van der Waals surface area contributed by atoms with E-state index in [1.54, 1.807) is 11.3 Å². The number of nitrogens with one attached hydrogen (secondary N) is 1. The largest absolute Gasteiger partial charge is 0.361 e. The summed E-state index contributed by atoms with van der Waals surface area (Å²) in [4.78, 5) is 19.9. The van der Waals surface area contributed by atoms with Crippen LogP contribution in [0.15, 0.2) is 72.2 Å². The van der Waals surface area contributed by atoms with Gasteiger partial charge in [0.05, 0.1) is 12.5 Å². The van der Waals surface area contributed by atoms with Crippen LogP contribution >= 0.6 is 11.3 Å². The maximum absolute atomic E-state index is 13.2. The van der Waals surface area contributed by atoms with E-state index in [0.29, 0.717) is 0 Å². The van der Waals surface area contributed by atoms with Crippen molar-refractivity contribution in [2.24, 2.45) is 0 Å². The molecule has 4 aromatic rings. The first-order chi connectivity index (χ1) is 14.7. The molecule has 5 heteroatoms. The Morgan fingerprint density at radius 1 is 1.13 bits per heavy atom. The molecule has 30 heavy (non-hydrogen) atoms. The molecule has 2 atom stereocenters. The summed E-state index contributed by atoms with van der Waals surface area (Å²) >= 11 is 1.78. The number of nitrogens with zero attached hydrogens (tertiary/aromatic N) is 1. The molecule has 0 radical (unpaired) electrons.